The number of carboxylic acids is 1. The van der Waals surface area contributed by atoms with Gasteiger partial charge in [-0.05, 0) is 42.7 Å². The van der Waals surface area contributed by atoms with Crippen LogP contribution in [0.25, 0.3) is 0 Å². The lowest BCUT2D eigenvalue weighted by Gasteiger charge is -2.16. The summed E-state index contributed by atoms with van der Waals surface area (Å²) in [4.78, 5) is 11.3. The van der Waals surface area contributed by atoms with Crippen molar-refractivity contribution in [2.24, 2.45) is 0 Å². The van der Waals surface area contributed by atoms with E-state index in [9.17, 15) is 9.90 Å². The van der Waals surface area contributed by atoms with Crippen LogP contribution in [0.1, 0.15) is 68.4 Å². The van der Waals surface area contributed by atoms with Gasteiger partial charge < -0.3 is 5.11 Å². The molecule has 0 radical (unpaired) electrons. The number of carbonyl (C=O) groups is 1. The molecule has 2 heteroatoms. The summed E-state index contributed by atoms with van der Waals surface area (Å²) in [5.41, 5.74) is 1.85. The van der Waals surface area contributed by atoms with Crippen LogP contribution in [0.15, 0.2) is 24.3 Å². The lowest BCUT2D eigenvalue weighted by Crippen LogP contribution is -2.19. The SMILES string of the molecule is O=C(O)C1(c2ccc(C3CCCCCC3)cc2)CC1. The quantitative estimate of drug-likeness (QED) is 0.823. The molecular formula is C17H22O2. The maximum Gasteiger partial charge on any atom is 0.314 e. The summed E-state index contributed by atoms with van der Waals surface area (Å²) in [6.45, 7) is 0. The molecule has 0 spiro atoms. The van der Waals surface area contributed by atoms with E-state index in [4.69, 9.17) is 0 Å². The fraction of sp³-hybridized carbons (Fsp3) is 0.588. The van der Waals surface area contributed by atoms with Gasteiger partial charge in [0.1, 0.15) is 0 Å². The molecule has 0 amide bonds. The van der Waals surface area contributed by atoms with E-state index in [0.29, 0.717) is 5.92 Å². The molecule has 0 unspecified atom stereocenters. The Kier molecular flexibility index (Phi) is 3.34. The van der Waals surface area contributed by atoms with Gasteiger partial charge in [-0.3, -0.25) is 4.79 Å². The van der Waals surface area contributed by atoms with Crippen molar-refractivity contribution in [2.45, 2.75) is 62.7 Å². The molecule has 102 valence electrons. The smallest absolute Gasteiger partial charge is 0.314 e. The number of benzene rings is 1. The number of rotatable bonds is 3. The fourth-order valence-electron chi connectivity index (χ4n) is 3.44. The van der Waals surface area contributed by atoms with Crippen LogP contribution >= 0.6 is 0 Å². The number of carboxylic acid groups (broad SMARTS) is 1. The molecule has 2 saturated carbocycles. The Morgan fingerprint density at radius 1 is 1.00 bits per heavy atom. The van der Waals surface area contributed by atoms with Crippen molar-refractivity contribution < 1.29 is 9.90 Å². The van der Waals surface area contributed by atoms with E-state index < -0.39 is 11.4 Å². The van der Waals surface area contributed by atoms with E-state index in [2.05, 4.69) is 24.3 Å². The molecule has 2 aliphatic carbocycles. The summed E-state index contributed by atoms with van der Waals surface area (Å²) in [5, 5.41) is 9.31. The zero-order chi connectivity index (χ0) is 13.3. The van der Waals surface area contributed by atoms with E-state index in [0.717, 1.165) is 18.4 Å². The van der Waals surface area contributed by atoms with Crippen LogP contribution in [0.5, 0.6) is 0 Å². The lowest BCUT2D eigenvalue weighted by atomic mass is 9.88. The van der Waals surface area contributed by atoms with Gasteiger partial charge in [0.05, 0.1) is 5.41 Å². The standard InChI is InChI=1S/C17H22O2/c18-16(19)17(11-12-17)15-9-7-14(8-10-15)13-5-3-1-2-4-6-13/h7-10,13H,1-6,11-12H2,(H,18,19). The molecule has 0 heterocycles. The van der Waals surface area contributed by atoms with Crippen molar-refractivity contribution in [3.05, 3.63) is 35.4 Å². The van der Waals surface area contributed by atoms with Gasteiger partial charge in [0.2, 0.25) is 0 Å². The van der Waals surface area contributed by atoms with Gasteiger partial charge in [-0.25, -0.2) is 0 Å². The molecule has 0 aliphatic heterocycles. The van der Waals surface area contributed by atoms with Crippen LogP contribution in [-0.2, 0) is 10.2 Å². The Hall–Kier alpha value is -1.31. The number of hydrogen-bond acceptors (Lipinski definition) is 1. The van der Waals surface area contributed by atoms with Gasteiger partial charge in [0, 0.05) is 0 Å². The molecule has 19 heavy (non-hydrogen) atoms. The maximum absolute atomic E-state index is 11.3. The lowest BCUT2D eigenvalue weighted by molar-refractivity contribution is -0.140. The molecule has 2 aliphatic rings. The van der Waals surface area contributed by atoms with Gasteiger partial charge >= 0.3 is 5.97 Å². The molecule has 0 saturated heterocycles. The van der Waals surface area contributed by atoms with Crippen LogP contribution in [0.3, 0.4) is 0 Å². The topological polar surface area (TPSA) is 37.3 Å². The first-order chi connectivity index (χ1) is 9.22. The zero-order valence-electron chi connectivity index (χ0n) is 11.4. The minimum absolute atomic E-state index is 0.554. The number of hydrogen-bond donors (Lipinski definition) is 1. The molecule has 0 atom stereocenters. The summed E-state index contributed by atoms with van der Waals surface area (Å²) in [5.74, 6) is 0.0336. The first-order valence-electron chi connectivity index (χ1n) is 7.56. The Labute approximate surface area is 114 Å². The summed E-state index contributed by atoms with van der Waals surface area (Å²) >= 11 is 0. The molecule has 0 aromatic heterocycles. The largest absolute Gasteiger partial charge is 0.481 e. The second-order valence-electron chi connectivity index (χ2n) is 6.20. The van der Waals surface area contributed by atoms with Crippen LogP contribution < -0.4 is 0 Å². The second-order valence-corrected chi connectivity index (χ2v) is 6.20. The van der Waals surface area contributed by atoms with Crippen molar-refractivity contribution in [1.29, 1.82) is 0 Å². The highest BCUT2D eigenvalue weighted by atomic mass is 16.4. The van der Waals surface area contributed by atoms with Crippen LogP contribution in [-0.4, -0.2) is 11.1 Å². The Morgan fingerprint density at radius 3 is 2.05 bits per heavy atom. The molecular weight excluding hydrogens is 236 g/mol. The highest BCUT2D eigenvalue weighted by Crippen LogP contribution is 2.48. The number of aliphatic carboxylic acids is 1. The molecule has 1 aromatic carbocycles. The minimum Gasteiger partial charge on any atom is -0.481 e. The Balaban J connectivity index is 1.77. The van der Waals surface area contributed by atoms with E-state index in [1.54, 1.807) is 0 Å². The average molecular weight is 258 g/mol. The Bertz CT molecular complexity index is 449. The monoisotopic (exact) mass is 258 g/mol. The van der Waals surface area contributed by atoms with E-state index in [1.807, 2.05) is 0 Å². The van der Waals surface area contributed by atoms with E-state index in [-0.39, 0.29) is 0 Å². The van der Waals surface area contributed by atoms with Gasteiger partial charge in [0.15, 0.2) is 0 Å². The van der Waals surface area contributed by atoms with Crippen molar-refractivity contribution >= 4 is 5.97 Å². The van der Waals surface area contributed by atoms with Gasteiger partial charge in [-0.15, -0.1) is 0 Å². The van der Waals surface area contributed by atoms with Crippen molar-refractivity contribution in [2.75, 3.05) is 0 Å². The summed E-state index contributed by atoms with van der Waals surface area (Å²) in [6.07, 6.45) is 9.60. The summed E-state index contributed by atoms with van der Waals surface area (Å²) < 4.78 is 0. The molecule has 2 fully saturated rings. The second kappa shape index (κ2) is 4.99. The van der Waals surface area contributed by atoms with Crippen molar-refractivity contribution in [1.82, 2.24) is 0 Å². The molecule has 1 N–H and O–H groups in total. The predicted octanol–water partition coefficient (Wildman–Crippen LogP) is 4.24. The molecule has 0 bridgehead atoms. The van der Waals surface area contributed by atoms with Gasteiger partial charge in [0.25, 0.3) is 0 Å². The third kappa shape index (κ3) is 2.41. The first kappa shape index (κ1) is 12.7. The van der Waals surface area contributed by atoms with Gasteiger partial charge in [-0.2, -0.15) is 0 Å². The minimum atomic E-state index is -0.658. The highest BCUT2D eigenvalue weighted by Gasteiger charge is 2.51. The maximum atomic E-state index is 11.3. The van der Waals surface area contributed by atoms with E-state index in [1.165, 1.54) is 44.1 Å². The van der Waals surface area contributed by atoms with Crippen LogP contribution in [0.4, 0.5) is 0 Å². The highest BCUT2D eigenvalue weighted by molar-refractivity contribution is 5.84. The summed E-state index contributed by atoms with van der Waals surface area (Å²) in [7, 11) is 0. The zero-order valence-corrected chi connectivity index (χ0v) is 11.4. The summed E-state index contributed by atoms with van der Waals surface area (Å²) in [6, 6.07) is 8.46. The van der Waals surface area contributed by atoms with E-state index >= 15 is 0 Å². The van der Waals surface area contributed by atoms with Crippen molar-refractivity contribution in [3.8, 4) is 0 Å². The fourth-order valence-corrected chi connectivity index (χ4v) is 3.44. The molecule has 1 aromatic rings. The van der Waals surface area contributed by atoms with Crippen LogP contribution in [0.2, 0.25) is 0 Å². The molecule has 3 rings (SSSR count). The average Bonchev–Trinajstić information content (AvgIpc) is 3.24. The first-order valence-corrected chi connectivity index (χ1v) is 7.56. The predicted molar refractivity (Wildman–Crippen MR) is 75.4 cm³/mol. The molecule has 2 nitrogen and oxygen atoms in total. The van der Waals surface area contributed by atoms with Crippen LogP contribution in [0, 0.1) is 0 Å². The van der Waals surface area contributed by atoms with Gasteiger partial charge in [-0.1, -0.05) is 49.9 Å². The third-order valence-electron chi connectivity index (χ3n) is 4.95. The normalized spacial score (nSPS) is 22.7. The Morgan fingerprint density at radius 2 is 1.58 bits per heavy atom. The third-order valence-corrected chi connectivity index (χ3v) is 4.95. The van der Waals surface area contributed by atoms with Crippen molar-refractivity contribution in [3.63, 3.8) is 0 Å².